The Kier molecular flexibility index (Phi) is 3.98. The first-order chi connectivity index (χ1) is 9.98. The van der Waals surface area contributed by atoms with E-state index in [1.807, 2.05) is 0 Å². The maximum absolute atomic E-state index is 12.8. The van der Waals surface area contributed by atoms with Crippen LogP contribution < -0.4 is 5.73 Å². The van der Waals surface area contributed by atoms with Crippen molar-refractivity contribution in [1.82, 2.24) is 14.8 Å². The van der Waals surface area contributed by atoms with Gasteiger partial charge in [-0.25, -0.2) is 4.68 Å². The van der Waals surface area contributed by atoms with Gasteiger partial charge in [0.1, 0.15) is 0 Å². The highest BCUT2D eigenvalue weighted by molar-refractivity contribution is 6.33. The van der Waals surface area contributed by atoms with Gasteiger partial charge in [-0.05, 0) is 17.7 Å². The van der Waals surface area contributed by atoms with Crippen molar-refractivity contribution < 1.29 is 26.3 Å². The molecule has 0 aliphatic rings. The molecule has 0 aliphatic carbocycles. The molecule has 0 radical (unpaired) electrons. The minimum Gasteiger partial charge on any atom is -0.398 e. The summed E-state index contributed by atoms with van der Waals surface area (Å²) in [5.41, 5.74) is 5.84. The second kappa shape index (κ2) is 5.34. The third-order valence-corrected chi connectivity index (χ3v) is 2.90. The summed E-state index contributed by atoms with van der Waals surface area (Å²) in [4.78, 5) is 2.53. The number of nitrogens with zero attached hydrogens (tertiary/aromatic N) is 3. The van der Waals surface area contributed by atoms with Gasteiger partial charge in [0.05, 0.1) is 17.3 Å². The molecule has 120 valence electrons. The first kappa shape index (κ1) is 16.4. The fourth-order valence-corrected chi connectivity index (χ4v) is 1.83. The van der Waals surface area contributed by atoms with Gasteiger partial charge < -0.3 is 5.73 Å². The van der Waals surface area contributed by atoms with E-state index < -0.39 is 30.5 Å². The van der Waals surface area contributed by atoms with Gasteiger partial charge in [-0.15, -0.1) is 5.10 Å². The van der Waals surface area contributed by atoms with Crippen LogP contribution in [-0.4, -0.2) is 14.8 Å². The summed E-state index contributed by atoms with van der Waals surface area (Å²) in [6.45, 7) is -0.585. The fraction of sp³-hybridized carbons (Fsp3) is 0.273. The summed E-state index contributed by atoms with van der Waals surface area (Å²) < 4.78 is 75.9. The number of nitrogen functional groups attached to an aromatic ring is 1. The van der Waals surface area contributed by atoms with Crippen molar-refractivity contribution in [2.45, 2.75) is 18.9 Å². The van der Waals surface area contributed by atoms with E-state index in [0.717, 1.165) is 0 Å². The molecule has 2 rings (SSSR count). The van der Waals surface area contributed by atoms with E-state index in [1.165, 1.54) is 18.2 Å². The van der Waals surface area contributed by atoms with Gasteiger partial charge in [-0.3, -0.25) is 0 Å². The Morgan fingerprint density at radius 2 is 1.73 bits per heavy atom. The zero-order chi connectivity index (χ0) is 16.7. The fourth-order valence-electron chi connectivity index (χ4n) is 1.62. The molecular formula is C11H7ClF6N4. The van der Waals surface area contributed by atoms with Gasteiger partial charge in [0.15, 0.2) is 0 Å². The van der Waals surface area contributed by atoms with Crippen molar-refractivity contribution in [3.05, 3.63) is 40.4 Å². The minimum absolute atomic E-state index is 0.0715. The Morgan fingerprint density at radius 1 is 1.09 bits per heavy atom. The summed E-state index contributed by atoms with van der Waals surface area (Å²) in [5.74, 6) is -3.60. The summed E-state index contributed by atoms with van der Waals surface area (Å²) in [6.07, 6.45) is -10.2. The van der Waals surface area contributed by atoms with E-state index in [2.05, 4.69) is 10.1 Å². The molecule has 11 heteroatoms. The molecular weight excluding hydrogens is 338 g/mol. The highest BCUT2D eigenvalue weighted by Gasteiger charge is 2.43. The number of benzene rings is 1. The molecule has 0 spiro atoms. The predicted molar refractivity (Wildman–Crippen MR) is 65.0 cm³/mol. The van der Waals surface area contributed by atoms with Crippen LogP contribution in [0.2, 0.25) is 5.02 Å². The Balaban J connectivity index is 2.44. The van der Waals surface area contributed by atoms with E-state index in [0.29, 0.717) is 0 Å². The van der Waals surface area contributed by atoms with Crippen molar-refractivity contribution >= 4 is 17.3 Å². The smallest absolute Gasteiger partial charge is 0.398 e. The summed E-state index contributed by atoms with van der Waals surface area (Å²) in [5, 5.41) is 2.95. The molecule has 0 saturated carbocycles. The van der Waals surface area contributed by atoms with Crippen LogP contribution in [0.3, 0.4) is 0 Å². The number of alkyl halides is 6. The van der Waals surface area contributed by atoms with Gasteiger partial charge in [0.25, 0.3) is 5.82 Å². The van der Waals surface area contributed by atoms with Crippen molar-refractivity contribution in [1.29, 1.82) is 0 Å². The van der Waals surface area contributed by atoms with Crippen molar-refractivity contribution in [2.24, 2.45) is 0 Å². The second-order valence-corrected chi connectivity index (χ2v) is 4.68. The lowest BCUT2D eigenvalue weighted by Crippen LogP contribution is -2.16. The van der Waals surface area contributed by atoms with E-state index in [4.69, 9.17) is 17.3 Å². The standard InChI is InChI=1S/C11H7ClF6N4/c12-6-3-5(1-2-7(6)19)4-22-9(11(16,17)18)20-8(21-22)10(13,14)15/h1-3H,4,19H2. The predicted octanol–water partition coefficient (Wildman–Crippen LogP) is 3.60. The number of aromatic nitrogens is 3. The van der Waals surface area contributed by atoms with Gasteiger partial charge in [0, 0.05) is 0 Å². The van der Waals surface area contributed by atoms with Gasteiger partial charge in [-0.2, -0.15) is 31.3 Å². The normalized spacial score (nSPS) is 12.7. The first-order valence-electron chi connectivity index (χ1n) is 5.61. The number of halogens is 7. The number of rotatable bonds is 2. The largest absolute Gasteiger partial charge is 0.453 e. The number of hydrogen-bond acceptors (Lipinski definition) is 3. The van der Waals surface area contributed by atoms with Crippen LogP contribution in [0.4, 0.5) is 32.0 Å². The van der Waals surface area contributed by atoms with Crippen LogP contribution in [0.5, 0.6) is 0 Å². The summed E-state index contributed by atoms with van der Waals surface area (Å²) in [7, 11) is 0. The maximum Gasteiger partial charge on any atom is 0.453 e. The Morgan fingerprint density at radius 3 is 2.23 bits per heavy atom. The Bertz CT molecular complexity index is 691. The molecule has 0 aliphatic heterocycles. The molecule has 2 N–H and O–H groups in total. The Labute approximate surface area is 124 Å². The third kappa shape index (κ3) is 3.43. The molecule has 0 bridgehead atoms. The van der Waals surface area contributed by atoms with Crippen LogP contribution in [0, 0.1) is 0 Å². The van der Waals surface area contributed by atoms with Crippen LogP contribution in [0.15, 0.2) is 18.2 Å². The average molecular weight is 345 g/mol. The average Bonchev–Trinajstić information content (AvgIpc) is 2.77. The van der Waals surface area contributed by atoms with Crippen LogP contribution in [-0.2, 0) is 18.9 Å². The van der Waals surface area contributed by atoms with E-state index >= 15 is 0 Å². The Hall–Kier alpha value is -1.97. The molecule has 1 aromatic carbocycles. The van der Waals surface area contributed by atoms with Crippen molar-refractivity contribution in [3.63, 3.8) is 0 Å². The molecule has 0 amide bonds. The number of hydrogen-bond donors (Lipinski definition) is 1. The molecule has 2 aromatic rings. The van der Waals surface area contributed by atoms with Crippen molar-refractivity contribution in [3.8, 4) is 0 Å². The molecule has 22 heavy (non-hydrogen) atoms. The third-order valence-electron chi connectivity index (χ3n) is 2.58. The summed E-state index contributed by atoms with van der Waals surface area (Å²) in [6, 6.07) is 3.90. The lowest BCUT2D eigenvalue weighted by atomic mass is 10.2. The molecule has 0 fully saturated rings. The van der Waals surface area contributed by atoms with Crippen LogP contribution in [0.1, 0.15) is 17.2 Å². The van der Waals surface area contributed by atoms with E-state index in [9.17, 15) is 26.3 Å². The molecule has 0 atom stereocenters. The van der Waals surface area contributed by atoms with Gasteiger partial charge in [0.2, 0.25) is 5.82 Å². The summed E-state index contributed by atoms with van der Waals surface area (Å²) >= 11 is 5.72. The monoisotopic (exact) mass is 344 g/mol. The van der Waals surface area contributed by atoms with Crippen LogP contribution in [0.25, 0.3) is 0 Å². The molecule has 4 nitrogen and oxygen atoms in total. The molecule has 0 unspecified atom stereocenters. The SMILES string of the molecule is Nc1ccc(Cn2nc(C(F)(F)F)nc2C(F)(F)F)cc1Cl. The molecule has 1 heterocycles. The number of anilines is 1. The molecule has 1 aromatic heterocycles. The van der Waals surface area contributed by atoms with E-state index in [-0.39, 0.29) is 21.0 Å². The molecule has 0 saturated heterocycles. The van der Waals surface area contributed by atoms with E-state index in [1.54, 1.807) is 0 Å². The lowest BCUT2D eigenvalue weighted by molar-refractivity contribution is -0.150. The lowest BCUT2D eigenvalue weighted by Gasteiger charge is -2.09. The second-order valence-electron chi connectivity index (χ2n) is 4.27. The van der Waals surface area contributed by atoms with Gasteiger partial charge in [-0.1, -0.05) is 17.7 Å². The quantitative estimate of drug-likeness (QED) is 0.669. The highest BCUT2D eigenvalue weighted by Crippen LogP contribution is 2.33. The first-order valence-corrected chi connectivity index (χ1v) is 5.99. The maximum atomic E-state index is 12.8. The van der Waals surface area contributed by atoms with Crippen molar-refractivity contribution in [2.75, 3.05) is 5.73 Å². The minimum atomic E-state index is -5.08. The number of nitrogens with two attached hydrogens (primary N) is 1. The topological polar surface area (TPSA) is 56.7 Å². The van der Waals surface area contributed by atoms with Crippen LogP contribution >= 0.6 is 11.6 Å². The zero-order valence-corrected chi connectivity index (χ0v) is 11.3. The highest BCUT2D eigenvalue weighted by atomic mass is 35.5. The van der Waals surface area contributed by atoms with Gasteiger partial charge >= 0.3 is 12.4 Å². The zero-order valence-electron chi connectivity index (χ0n) is 10.5.